The van der Waals surface area contributed by atoms with Gasteiger partial charge in [-0.15, -0.1) is 0 Å². The fraction of sp³-hybridized carbons (Fsp3) is 0.440. The Balaban J connectivity index is 1.51. The standard InChI is InChI=1S/C25H28O6S/c1-17-16-23(32-19-6-4-3-5-7-19)31-24(17)20-12-13-25(29-14-15-30-25)21(20)10-8-18(26)9-11-22(27)28-2/h3-7,9,11,16,20-21H,8,10,12-15H2,1-2H3/b11-9-/t20-,21+/m1/s1. The molecule has 1 aromatic heterocycles. The summed E-state index contributed by atoms with van der Waals surface area (Å²) in [7, 11) is 1.29. The van der Waals surface area contributed by atoms with Gasteiger partial charge in [0.1, 0.15) is 5.76 Å². The van der Waals surface area contributed by atoms with Gasteiger partial charge in [-0.2, -0.15) is 0 Å². The number of carbonyl (C=O) groups is 2. The lowest BCUT2D eigenvalue weighted by atomic mass is 9.85. The number of rotatable bonds is 8. The maximum Gasteiger partial charge on any atom is 0.330 e. The number of hydrogen-bond donors (Lipinski definition) is 0. The lowest BCUT2D eigenvalue weighted by molar-refractivity contribution is -0.185. The van der Waals surface area contributed by atoms with Gasteiger partial charge in [-0.3, -0.25) is 4.79 Å². The first kappa shape index (κ1) is 22.8. The summed E-state index contributed by atoms with van der Waals surface area (Å²) in [6.07, 6.45) is 4.99. The molecule has 0 radical (unpaired) electrons. The van der Waals surface area contributed by atoms with Crippen molar-refractivity contribution < 1.29 is 28.2 Å². The largest absolute Gasteiger partial charge is 0.466 e. The fourth-order valence-corrected chi connectivity index (χ4v) is 5.61. The van der Waals surface area contributed by atoms with Gasteiger partial charge in [0.2, 0.25) is 0 Å². The Bertz CT molecular complexity index is 974. The molecule has 1 aliphatic heterocycles. The molecule has 1 saturated carbocycles. The number of ether oxygens (including phenoxy) is 3. The van der Waals surface area contributed by atoms with Crippen LogP contribution in [0.25, 0.3) is 0 Å². The van der Waals surface area contributed by atoms with E-state index in [1.807, 2.05) is 18.2 Å². The van der Waals surface area contributed by atoms with Crippen LogP contribution in [0.1, 0.15) is 42.9 Å². The summed E-state index contributed by atoms with van der Waals surface area (Å²) in [6.45, 7) is 3.19. The molecule has 0 N–H and O–H groups in total. The van der Waals surface area contributed by atoms with Crippen LogP contribution in [0.15, 0.2) is 63.0 Å². The van der Waals surface area contributed by atoms with E-state index in [2.05, 4.69) is 29.9 Å². The molecule has 1 aromatic carbocycles. The van der Waals surface area contributed by atoms with Gasteiger partial charge >= 0.3 is 5.97 Å². The van der Waals surface area contributed by atoms with E-state index >= 15 is 0 Å². The maximum absolute atomic E-state index is 12.3. The molecule has 2 heterocycles. The van der Waals surface area contributed by atoms with Crippen LogP contribution in [-0.2, 0) is 23.8 Å². The first-order valence-electron chi connectivity index (χ1n) is 10.9. The number of esters is 1. The molecule has 1 aliphatic carbocycles. The van der Waals surface area contributed by atoms with E-state index in [-0.39, 0.29) is 17.6 Å². The molecule has 0 bridgehead atoms. The minimum absolute atomic E-state index is 0.0000908. The summed E-state index contributed by atoms with van der Waals surface area (Å²) in [6, 6.07) is 12.2. The number of carbonyl (C=O) groups excluding carboxylic acids is 2. The number of ketones is 1. The normalized spacial score (nSPS) is 22.1. The van der Waals surface area contributed by atoms with Crippen LogP contribution in [0.3, 0.4) is 0 Å². The average molecular weight is 457 g/mol. The van der Waals surface area contributed by atoms with Gasteiger partial charge < -0.3 is 18.6 Å². The Hall–Kier alpha value is -2.35. The van der Waals surface area contributed by atoms with Gasteiger partial charge in [0.15, 0.2) is 16.7 Å². The van der Waals surface area contributed by atoms with Gasteiger partial charge in [-0.05, 0) is 49.6 Å². The van der Waals surface area contributed by atoms with Crippen molar-refractivity contribution in [3.8, 4) is 0 Å². The first-order chi connectivity index (χ1) is 15.5. The molecule has 170 valence electrons. The molecule has 4 rings (SSSR count). The van der Waals surface area contributed by atoms with Crippen LogP contribution in [0.2, 0.25) is 0 Å². The van der Waals surface area contributed by atoms with E-state index in [0.717, 1.165) is 40.2 Å². The van der Waals surface area contributed by atoms with Crippen molar-refractivity contribution in [3.05, 3.63) is 59.9 Å². The number of aryl methyl sites for hydroxylation is 1. The average Bonchev–Trinajstić information content (AvgIpc) is 3.51. The number of furan rings is 1. The van der Waals surface area contributed by atoms with E-state index < -0.39 is 11.8 Å². The Morgan fingerprint density at radius 2 is 1.94 bits per heavy atom. The van der Waals surface area contributed by atoms with Gasteiger partial charge in [0, 0.05) is 35.6 Å². The van der Waals surface area contributed by atoms with Crippen molar-refractivity contribution in [2.24, 2.45) is 5.92 Å². The molecule has 0 unspecified atom stereocenters. The summed E-state index contributed by atoms with van der Waals surface area (Å²) < 4.78 is 23.0. The van der Waals surface area contributed by atoms with Crippen molar-refractivity contribution >= 4 is 23.5 Å². The minimum Gasteiger partial charge on any atom is -0.466 e. The molecule has 2 fully saturated rings. The molecule has 32 heavy (non-hydrogen) atoms. The molecule has 2 aliphatic rings. The molecule has 2 atom stereocenters. The number of methoxy groups -OCH3 is 1. The summed E-state index contributed by atoms with van der Waals surface area (Å²) in [4.78, 5) is 24.7. The molecular weight excluding hydrogens is 428 g/mol. The predicted molar refractivity (Wildman–Crippen MR) is 120 cm³/mol. The van der Waals surface area contributed by atoms with Gasteiger partial charge in [0.25, 0.3) is 0 Å². The predicted octanol–water partition coefficient (Wildman–Crippen LogP) is 5.05. The van der Waals surface area contributed by atoms with Gasteiger partial charge in [-0.25, -0.2) is 4.79 Å². The number of hydrogen-bond acceptors (Lipinski definition) is 7. The number of benzene rings is 1. The molecular formula is C25H28O6S. The molecule has 1 saturated heterocycles. The highest BCUT2D eigenvalue weighted by molar-refractivity contribution is 7.99. The van der Waals surface area contributed by atoms with Gasteiger partial charge in [-0.1, -0.05) is 30.0 Å². The van der Waals surface area contributed by atoms with E-state index in [1.165, 1.54) is 13.2 Å². The highest BCUT2D eigenvalue weighted by Gasteiger charge is 2.54. The van der Waals surface area contributed by atoms with E-state index in [1.54, 1.807) is 11.8 Å². The van der Waals surface area contributed by atoms with Crippen molar-refractivity contribution in [3.63, 3.8) is 0 Å². The van der Waals surface area contributed by atoms with E-state index in [9.17, 15) is 9.59 Å². The summed E-state index contributed by atoms with van der Waals surface area (Å²) in [5, 5.41) is 0.855. The minimum atomic E-state index is -0.664. The highest BCUT2D eigenvalue weighted by atomic mass is 32.2. The quantitative estimate of drug-likeness (QED) is 0.406. The van der Waals surface area contributed by atoms with Crippen LogP contribution in [0.4, 0.5) is 0 Å². The summed E-state index contributed by atoms with van der Waals surface area (Å²) in [5.74, 6) is -0.267. The zero-order chi connectivity index (χ0) is 22.6. The third-order valence-electron chi connectivity index (χ3n) is 6.17. The Morgan fingerprint density at radius 3 is 2.66 bits per heavy atom. The Morgan fingerprint density at radius 1 is 1.19 bits per heavy atom. The molecule has 7 heteroatoms. The maximum atomic E-state index is 12.3. The Kier molecular flexibility index (Phi) is 7.18. The Labute approximate surface area is 192 Å². The second-order valence-electron chi connectivity index (χ2n) is 8.15. The first-order valence-corrected chi connectivity index (χ1v) is 11.7. The van der Waals surface area contributed by atoms with Crippen molar-refractivity contribution in [1.29, 1.82) is 0 Å². The van der Waals surface area contributed by atoms with Crippen molar-refractivity contribution in [1.82, 2.24) is 0 Å². The summed E-state index contributed by atoms with van der Waals surface area (Å²) in [5.41, 5.74) is 1.10. The highest BCUT2D eigenvalue weighted by Crippen LogP contribution is 2.53. The van der Waals surface area contributed by atoms with Crippen LogP contribution < -0.4 is 0 Å². The smallest absolute Gasteiger partial charge is 0.330 e. The molecule has 1 spiro atoms. The lowest BCUT2D eigenvalue weighted by Gasteiger charge is -2.31. The second kappa shape index (κ2) is 10.1. The third kappa shape index (κ3) is 5.00. The third-order valence-corrected chi connectivity index (χ3v) is 7.08. The van der Waals surface area contributed by atoms with Crippen LogP contribution in [0.5, 0.6) is 0 Å². The zero-order valence-corrected chi connectivity index (χ0v) is 19.2. The second-order valence-corrected chi connectivity index (χ2v) is 9.23. The lowest BCUT2D eigenvalue weighted by Crippen LogP contribution is -2.36. The SMILES string of the molecule is COC(=O)/C=C\C(=O)CC[C@H]1[C@H](c2oc(Sc3ccccc3)cc2C)CCC12OCCO2. The van der Waals surface area contributed by atoms with Crippen LogP contribution >= 0.6 is 11.8 Å². The molecule has 6 nitrogen and oxygen atoms in total. The van der Waals surface area contributed by atoms with E-state index in [0.29, 0.717) is 26.1 Å². The molecule has 2 aromatic rings. The van der Waals surface area contributed by atoms with E-state index in [4.69, 9.17) is 13.9 Å². The zero-order valence-electron chi connectivity index (χ0n) is 18.4. The molecule has 0 amide bonds. The number of allylic oxidation sites excluding steroid dienone is 1. The topological polar surface area (TPSA) is 75.0 Å². The van der Waals surface area contributed by atoms with Crippen LogP contribution in [-0.4, -0.2) is 37.9 Å². The summed E-state index contributed by atoms with van der Waals surface area (Å²) >= 11 is 1.60. The van der Waals surface area contributed by atoms with Crippen molar-refractivity contribution in [2.45, 2.75) is 54.3 Å². The fourth-order valence-electron chi connectivity index (χ4n) is 4.71. The van der Waals surface area contributed by atoms with Crippen LogP contribution in [0, 0.1) is 12.8 Å². The van der Waals surface area contributed by atoms with Gasteiger partial charge in [0.05, 0.1) is 20.3 Å². The van der Waals surface area contributed by atoms with Crippen molar-refractivity contribution in [2.75, 3.05) is 20.3 Å². The monoisotopic (exact) mass is 456 g/mol.